The summed E-state index contributed by atoms with van der Waals surface area (Å²) in [6, 6.07) is 4.64. The second-order valence-corrected chi connectivity index (χ2v) is 4.27. The Hall–Kier alpha value is -1.88. The van der Waals surface area contributed by atoms with E-state index in [9.17, 15) is 9.18 Å². The van der Waals surface area contributed by atoms with E-state index in [1.807, 2.05) is 0 Å². The minimum absolute atomic E-state index is 0.123. The van der Waals surface area contributed by atoms with E-state index in [1.54, 1.807) is 19.1 Å². The predicted molar refractivity (Wildman–Crippen MR) is 62.5 cm³/mol. The first-order valence-electron chi connectivity index (χ1n) is 5.81. The van der Waals surface area contributed by atoms with E-state index >= 15 is 0 Å². The number of carbonyl (C=O) groups is 1. The molecule has 94 valence electrons. The van der Waals surface area contributed by atoms with Gasteiger partial charge >= 0.3 is 5.91 Å². The van der Waals surface area contributed by atoms with Gasteiger partial charge in [0.1, 0.15) is 0 Å². The van der Waals surface area contributed by atoms with Crippen LogP contribution < -0.4 is 0 Å². The van der Waals surface area contributed by atoms with Crippen molar-refractivity contribution >= 4 is 16.9 Å². The van der Waals surface area contributed by atoms with E-state index in [1.165, 1.54) is 11.1 Å². The van der Waals surface area contributed by atoms with Gasteiger partial charge in [0.15, 0.2) is 17.2 Å². The van der Waals surface area contributed by atoms with E-state index in [-0.39, 0.29) is 17.3 Å². The summed E-state index contributed by atoms with van der Waals surface area (Å²) in [5.74, 6) is -0.658. The molecule has 1 saturated heterocycles. The van der Waals surface area contributed by atoms with Crippen LogP contribution in [-0.4, -0.2) is 24.1 Å². The Labute approximate surface area is 103 Å². The Kier molecular flexibility index (Phi) is 2.56. The molecule has 1 aliphatic heterocycles. The molecule has 0 unspecified atom stereocenters. The number of nitrogens with zero attached hydrogens (tertiary/aromatic N) is 1. The van der Waals surface area contributed by atoms with E-state index < -0.39 is 5.82 Å². The molecule has 0 bridgehead atoms. The SMILES string of the molecule is Cc1c(C(=O)N2CCCO2)oc2c(F)cccc12. The number of amides is 1. The highest BCUT2D eigenvalue weighted by atomic mass is 19.1. The van der Waals surface area contributed by atoms with Crippen LogP contribution in [0.25, 0.3) is 11.0 Å². The molecular formula is C13H12FNO3. The van der Waals surface area contributed by atoms with Crippen LogP contribution in [0.2, 0.25) is 0 Å². The molecule has 3 rings (SSSR count). The van der Waals surface area contributed by atoms with Crippen LogP contribution in [0.4, 0.5) is 4.39 Å². The third kappa shape index (κ3) is 1.59. The molecule has 1 aromatic heterocycles. The number of fused-ring (bicyclic) bond motifs is 1. The van der Waals surface area contributed by atoms with E-state index in [2.05, 4.69) is 0 Å². The van der Waals surface area contributed by atoms with Crippen molar-refractivity contribution in [3.63, 3.8) is 0 Å². The maximum atomic E-state index is 13.6. The van der Waals surface area contributed by atoms with Gasteiger partial charge in [0.2, 0.25) is 0 Å². The molecule has 0 aliphatic carbocycles. The zero-order valence-corrected chi connectivity index (χ0v) is 9.90. The van der Waals surface area contributed by atoms with Gasteiger partial charge < -0.3 is 4.42 Å². The summed E-state index contributed by atoms with van der Waals surface area (Å²) < 4.78 is 18.9. The predicted octanol–water partition coefficient (Wildman–Crippen LogP) is 2.66. The number of rotatable bonds is 1. The molecule has 5 heteroatoms. The smallest absolute Gasteiger partial charge is 0.313 e. The minimum atomic E-state index is -0.461. The van der Waals surface area contributed by atoms with Crippen LogP contribution in [-0.2, 0) is 4.84 Å². The number of carbonyl (C=O) groups excluding carboxylic acids is 1. The molecule has 2 heterocycles. The number of hydrogen-bond donors (Lipinski definition) is 0. The van der Waals surface area contributed by atoms with Gasteiger partial charge in [-0.15, -0.1) is 0 Å². The highest BCUT2D eigenvalue weighted by Crippen LogP contribution is 2.28. The lowest BCUT2D eigenvalue weighted by molar-refractivity contribution is -0.0784. The van der Waals surface area contributed by atoms with E-state index in [0.29, 0.717) is 24.1 Å². The molecule has 0 N–H and O–H groups in total. The molecular weight excluding hydrogens is 237 g/mol. The van der Waals surface area contributed by atoms with Crippen LogP contribution in [0.3, 0.4) is 0 Å². The second kappa shape index (κ2) is 4.10. The normalized spacial score (nSPS) is 15.6. The van der Waals surface area contributed by atoms with Gasteiger partial charge in [-0.1, -0.05) is 12.1 Å². The molecule has 0 saturated carbocycles. The third-order valence-corrected chi connectivity index (χ3v) is 3.09. The molecule has 1 fully saturated rings. The molecule has 1 aromatic carbocycles. The summed E-state index contributed by atoms with van der Waals surface area (Å²) in [6.07, 6.45) is 0.805. The molecule has 0 radical (unpaired) electrons. The van der Waals surface area contributed by atoms with E-state index in [0.717, 1.165) is 6.42 Å². The lowest BCUT2D eigenvalue weighted by Crippen LogP contribution is -2.26. The molecule has 18 heavy (non-hydrogen) atoms. The van der Waals surface area contributed by atoms with Gasteiger partial charge in [-0.25, -0.2) is 9.45 Å². The molecule has 1 amide bonds. The highest BCUT2D eigenvalue weighted by molar-refractivity contribution is 5.98. The topological polar surface area (TPSA) is 42.7 Å². The van der Waals surface area contributed by atoms with Crippen molar-refractivity contribution in [1.29, 1.82) is 0 Å². The summed E-state index contributed by atoms with van der Waals surface area (Å²) in [5, 5.41) is 1.89. The monoisotopic (exact) mass is 249 g/mol. The van der Waals surface area contributed by atoms with Crippen LogP contribution in [0.15, 0.2) is 22.6 Å². The van der Waals surface area contributed by atoms with Gasteiger partial charge in [0.25, 0.3) is 0 Å². The average Bonchev–Trinajstić information content (AvgIpc) is 2.98. The molecule has 4 nitrogen and oxygen atoms in total. The maximum Gasteiger partial charge on any atom is 0.313 e. The number of furan rings is 1. The number of para-hydroxylation sites is 1. The fourth-order valence-electron chi connectivity index (χ4n) is 2.13. The fraction of sp³-hybridized carbons (Fsp3) is 0.308. The summed E-state index contributed by atoms with van der Waals surface area (Å²) >= 11 is 0. The first kappa shape index (κ1) is 11.2. The average molecular weight is 249 g/mol. The number of hydrogen-bond acceptors (Lipinski definition) is 3. The number of benzene rings is 1. The van der Waals surface area contributed by atoms with Crippen molar-refractivity contribution in [2.24, 2.45) is 0 Å². The molecule has 0 spiro atoms. The van der Waals surface area contributed by atoms with Crippen LogP contribution in [0.5, 0.6) is 0 Å². The van der Waals surface area contributed by atoms with Crippen molar-refractivity contribution in [1.82, 2.24) is 5.06 Å². The van der Waals surface area contributed by atoms with Crippen LogP contribution >= 0.6 is 0 Å². The lowest BCUT2D eigenvalue weighted by Gasteiger charge is -2.11. The summed E-state index contributed by atoms with van der Waals surface area (Å²) in [7, 11) is 0. The number of hydroxylamine groups is 2. The summed E-state index contributed by atoms with van der Waals surface area (Å²) in [5.41, 5.74) is 0.766. The van der Waals surface area contributed by atoms with Crippen LogP contribution in [0, 0.1) is 12.7 Å². The van der Waals surface area contributed by atoms with Gasteiger partial charge in [-0.3, -0.25) is 9.63 Å². The van der Waals surface area contributed by atoms with Gasteiger partial charge in [-0.2, -0.15) is 0 Å². The van der Waals surface area contributed by atoms with Crippen molar-refractivity contribution in [2.45, 2.75) is 13.3 Å². The first-order valence-corrected chi connectivity index (χ1v) is 5.81. The molecule has 2 aromatic rings. The highest BCUT2D eigenvalue weighted by Gasteiger charge is 2.27. The Morgan fingerprint density at radius 1 is 1.44 bits per heavy atom. The van der Waals surface area contributed by atoms with Gasteiger partial charge in [0.05, 0.1) is 13.2 Å². The lowest BCUT2D eigenvalue weighted by atomic mass is 10.1. The van der Waals surface area contributed by atoms with Crippen molar-refractivity contribution in [2.75, 3.05) is 13.2 Å². The third-order valence-electron chi connectivity index (χ3n) is 3.09. The minimum Gasteiger partial charge on any atom is -0.447 e. The van der Waals surface area contributed by atoms with Gasteiger partial charge in [-0.05, 0) is 19.4 Å². The standard InChI is InChI=1S/C13H12FNO3/c1-8-9-4-2-5-10(14)12(9)18-11(8)13(16)15-6-3-7-17-15/h2,4-5H,3,6-7H2,1H3. The van der Waals surface area contributed by atoms with Gasteiger partial charge in [0, 0.05) is 10.9 Å². The zero-order chi connectivity index (χ0) is 12.7. The van der Waals surface area contributed by atoms with Crippen molar-refractivity contribution in [3.05, 3.63) is 35.3 Å². The fourth-order valence-corrected chi connectivity index (χ4v) is 2.13. The second-order valence-electron chi connectivity index (χ2n) is 4.27. The Morgan fingerprint density at radius 2 is 2.28 bits per heavy atom. The van der Waals surface area contributed by atoms with Crippen molar-refractivity contribution in [3.8, 4) is 0 Å². The molecule has 0 atom stereocenters. The maximum absolute atomic E-state index is 13.6. The Morgan fingerprint density at radius 3 is 2.94 bits per heavy atom. The Balaban J connectivity index is 2.09. The Bertz CT molecular complexity index is 614. The summed E-state index contributed by atoms with van der Waals surface area (Å²) in [6.45, 7) is 2.81. The number of halogens is 1. The number of aryl methyl sites for hydroxylation is 1. The molecule has 1 aliphatic rings. The quantitative estimate of drug-likeness (QED) is 0.780. The van der Waals surface area contributed by atoms with Crippen LogP contribution in [0.1, 0.15) is 22.5 Å². The van der Waals surface area contributed by atoms with E-state index in [4.69, 9.17) is 9.25 Å². The summed E-state index contributed by atoms with van der Waals surface area (Å²) in [4.78, 5) is 17.3. The van der Waals surface area contributed by atoms with Crippen molar-refractivity contribution < 1.29 is 18.4 Å². The largest absolute Gasteiger partial charge is 0.447 e. The zero-order valence-electron chi connectivity index (χ0n) is 9.90. The first-order chi connectivity index (χ1) is 8.68.